The van der Waals surface area contributed by atoms with Crippen molar-refractivity contribution in [3.63, 3.8) is 0 Å². The van der Waals surface area contributed by atoms with Gasteiger partial charge in [0.1, 0.15) is 32.7 Å². The van der Waals surface area contributed by atoms with Crippen LogP contribution < -0.4 is 29.9 Å². The number of urea groups is 1. The highest BCUT2D eigenvalue weighted by Gasteiger charge is 2.26. The highest BCUT2D eigenvalue weighted by molar-refractivity contribution is 7.09. The largest absolute Gasteiger partial charge is 0.454 e. The normalized spacial score (nSPS) is 20.3. The van der Waals surface area contributed by atoms with Crippen LogP contribution in [0.3, 0.4) is 0 Å². The van der Waals surface area contributed by atoms with Gasteiger partial charge in [-0.15, -0.1) is 11.3 Å². The fourth-order valence-corrected chi connectivity index (χ4v) is 4.32. The van der Waals surface area contributed by atoms with Gasteiger partial charge in [0.2, 0.25) is 6.79 Å². The van der Waals surface area contributed by atoms with E-state index in [-0.39, 0.29) is 5.91 Å². The third-order valence-electron chi connectivity index (χ3n) is 5.22. The van der Waals surface area contributed by atoms with Crippen LogP contribution >= 0.6 is 11.3 Å². The summed E-state index contributed by atoms with van der Waals surface area (Å²) in [7, 11) is 0. The maximum absolute atomic E-state index is 12.1. The summed E-state index contributed by atoms with van der Waals surface area (Å²) in [5.74, 6) is 1.39. The van der Waals surface area contributed by atoms with Gasteiger partial charge >= 0.3 is 6.03 Å². The van der Waals surface area contributed by atoms with Crippen molar-refractivity contribution in [2.45, 2.75) is 13.1 Å². The zero-order valence-electron chi connectivity index (χ0n) is 16.2. The maximum atomic E-state index is 12.1. The molecule has 0 atom stereocenters. The number of hydrogen-bond donors (Lipinski definition) is 4. The molecule has 2 aliphatic heterocycles. The monoisotopic (exact) mass is 418 g/mol. The summed E-state index contributed by atoms with van der Waals surface area (Å²) in [5, 5.41) is 7.10. The smallest absolute Gasteiger partial charge is 0.321 e. The van der Waals surface area contributed by atoms with E-state index in [9.17, 15) is 9.59 Å². The minimum atomic E-state index is -0.435. The molecule has 2 aliphatic rings. The molecule has 1 saturated heterocycles. The lowest BCUT2D eigenvalue weighted by Gasteiger charge is -2.29. The molecule has 1 aromatic carbocycles. The third-order valence-corrected chi connectivity index (χ3v) is 6.10. The van der Waals surface area contributed by atoms with Crippen molar-refractivity contribution in [2.24, 2.45) is 0 Å². The quantitative estimate of drug-likeness (QED) is 0.474. The van der Waals surface area contributed by atoms with E-state index in [2.05, 4.69) is 22.8 Å². The number of amides is 3. The molecule has 3 amide bonds. The van der Waals surface area contributed by atoms with Gasteiger partial charge in [0.15, 0.2) is 18.0 Å². The molecule has 0 aliphatic carbocycles. The first-order valence-corrected chi connectivity index (χ1v) is 10.7. The molecule has 2 aromatic rings. The van der Waals surface area contributed by atoms with Crippen molar-refractivity contribution < 1.29 is 28.9 Å². The molecule has 29 heavy (non-hydrogen) atoms. The van der Waals surface area contributed by atoms with Crippen LogP contribution in [-0.4, -0.2) is 51.5 Å². The molecule has 0 radical (unpaired) electrons. The van der Waals surface area contributed by atoms with E-state index in [1.54, 1.807) is 11.3 Å². The second-order valence-corrected chi connectivity index (χ2v) is 8.38. The van der Waals surface area contributed by atoms with Gasteiger partial charge in [-0.05, 0) is 29.6 Å². The number of rotatable bonds is 6. The molecule has 3 heterocycles. The van der Waals surface area contributed by atoms with E-state index in [1.165, 1.54) is 15.4 Å². The van der Waals surface area contributed by atoms with Crippen molar-refractivity contribution >= 4 is 23.3 Å². The second kappa shape index (κ2) is 9.25. The third kappa shape index (κ3) is 5.47. The lowest BCUT2D eigenvalue weighted by molar-refractivity contribution is -1.02. The lowest BCUT2D eigenvalue weighted by atomic mass is 10.1. The van der Waals surface area contributed by atoms with Crippen LogP contribution in [0, 0.1) is 0 Å². The zero-order valence-corrected chi connectivity index (χ0v) is 17.0. The Hall–Kier alpha value is -2.62. The van der Waals surface area contributed by atoms with Crippen LogP contribution in [0.2, 0.25) is 0 Å². The molecule has 4 N–H and O–H groups in total. The van der Waals surface area contributed by atoms with E-state index in [4.69, 9.17) is 9.47 Å². The van der Waals surface area contributed by atoms with Gasteiger partial charge in [-0.3, -0.25) is 10.1 Å². The molecular weight excluding hydrogens is 392 g/mol. The SMILES string of the molecule is O=C(C[NH+]1CC[NH+](Cc2ccc3c(c2)OCO3)CC1)NC(=O)NCc1cccs1. The number of carbonyl (C=O) groups excluding carboxylic acids is 2. The molecule has 0 spiro atoms. The van der Waals surface area contributed by atoms with Crippen molar-refractivity contribution in [3.05, 3.63) is 46.2 Å². The van der Waals surface area contributed by atoms with E-state index < -0.39 is 6.03 Å². The van der Waals surface area contributed by atoms with Crippen molar-refractivity contribution in [1.29, 1.82) is 0 Å². The summed E-state index contributed by atoms with van der Waals surface area (Å²) < 4.78 is 10.8. The highest BCUT2D eigenvalue weighted by atomic mass is 32.1. The highest BCUT2D eigenvalue weighted by Crippen LogP contribution is 2.32. The second-order valence-electron chi connectivity index (χ2n) is 7.35. The average Bonchev–Trinajstić information content (AvgIpc) is 3.39. The van der Waals surface area contributed by atoms with E-state index >= 15 is 0 Å². The minimum absolute atomic E-state index is 0.233. The van der Waals surface area contributed by atoms with Crippen molar-refractivity contribution in [2.75, 3.05) is 39.5 Å². The fraction of sp³-hybridized carbons (Fsp3) is 0.400. The van der Waals surface area contributed by atoms with Crippen LogP contribution in [0.15, 0.2) is 35.7 Å². The van der Waals surface area contributed by atoms with Crippen LogP contribution in [-0.2, 0) is 17.9 Å². The molecule has 0 bridgehead atoms. The molecule has 9 heteroatoms. The first-order valence-electron chi connectivity index (χ1n) is 9.81. The molecule has 154 valence electrons. The summed E-state index contributed by atoms with van der Waals surface area (Å²) in [5.41, 5.74) is 1.23. The molecular formula is C20H26N4O4S+2. The van der Waals surface area contributed by atoms with Gasteiger partial charge in [0.05, 0.1) is 6.54 Å². The number of quaternary nitrogens is 2. The van der Waals surface area contributed by atoms with Crippen LogP contribution in [0.4, 0.5) is 4.79 Å². The number of imide groups is 1. The number of thiophene rings is 1. The van der Waals surface area contributed by atoms with Crippen LogP contribution in [0.1, 0.15) is 10.4 Å². The minimum Gasteiger partial charge on any atom is -0.454 e. The van der Waals surface area contributed by atoms with E-state index in [0.717, 1.165) is 49.1 Å². The van der Waals surface area contributed by atoms with Gasteiger partial charge in [-0.2, -0.15) is 0 Å². The lowest BCUT2D eigenvalue weighted by Crippen LogP contribution is -3.28. The van der Waals surface area contributed by atoms with Gasteiger partial charge in [-0.25, -0.2) is 4.79 Å². The summed E-state index contributed by atoms with van der Waals surface area (Å²) in [4.78, 5) is 27.8. The molecule has 0 unspecified atom stereocenters. The van der Waals surface area contributed by atoms with Crippen LogP contribution in [0.5, 0.6) is 11.5 Å². The Morgan fingerprint density at radius 2 is 1.83 bits per heavy atom. The number of fused-ring (bicyclic) bond motifs is 1. The molecule has 8 nitrogen and oxygen atoms in total. The number of piperazine rings is 1. The Morgan fingerprint density at radius 3 is 2.62 bits per heavy atom. The number of carbonyl (C=O) groups is 2. The Morgan fingerprint density at radius 1 is 1.03 bits per heavy atom. The summed E-state index contributed by atoms with van der Waals surface area (Å²) in [6, 6.07) is 9.55. The molecule has 1 aromatic heterocycles. The predicted octanol–water partition coefficient (Wildman–Crippen LogP) is -1.21. The molecule has 4 rings (SSSR count). The average molecular weight is 419 g/mol. The van der Waals surface area contributed by atoms with Crippen molar-refractivity contribution in [1.82, 2.24) is 10.6 Å². The summed E-state index contributed by atoms with van der Waals surface area (Å²) >= 11 is 1.57. The molecule has 1 fully saturated rings. The number of ether oxygens (including phenoxy) is 2. The predicted molar refractivity (Wildman–Crippen MR) is 107 cm³/mol. The van der Waals surface area contributed by atoms with Gasteiger partial charge in [0.25, 0.3) is 5.91 Å². The van der Waals surface area contributed by atoms with E-state index in [1.807, 2.05) is 23.6 Å². The standard InChI is InChI=1S/C20H24N4O4S/c25-19(22-20(26)21-11-16-2-1-9-29-16)13-24-7-5-23(6-8-24)12-15-3-4-17-18(10-15)28-14-27-17/h1-4,9-10H,5-8,11-14H2,(H2,21,22,25,26)/p+2. The van der Waals surface area contributed by atoms with Gasteiger partial charge in [0, 0.05) is 10.4 Å². The number of hydrogen-bond acceptors (Lipinski definition) is 5. The zero-order chi connectivity index (χ0) is 20.1. The fourth-order valence-electron chi connectivity index (χ4n) is 3.67. The maximum Gasteiger partial charge on any atom is 0.321 e. The first-order chi connectivity index (χ1) is 14.2. The Balaban J connectivity index is 1.16. The summed E-state index contributed by atoms with van der Waals surface area (Å²) in [6.45, 7) is 5.77. The Bertz CT molecular complexity index is 850. The van der Waals surface area contributed by atoms with E-state index in [0.29, 0.717) is 19.9 Å². The number of nitrogens with one attached hydrogen (secondary N) is 4. The van der Waals surface area contributed by atoms with Crippen molar-refractivity contribution in [3.8, 4) is 11.5 Å². The Kier molecular flexibility index (Phi) is 6.28. The first kappa shape index (κ1) is 19.7. The topological polar surface area (TPSA) is 85.5 Å². The van der Waals surface area contributed by atoms with Gasteiger partial charge in [-0.1, -0.05) is 6.07 Å². The van der Waals surface area contributed by atoms with Gasteiger partial charge < -0.3 is 24.6 Å². The number of benzene rings is 1. The Labute approximate surface area is 173 Å². The summed E-state index contributed by atoms with van der Waals surface area (Å²) in [6.07, 6.45) is 0. The van der Waals surface area contributed by atoms with Crippen LogP contribution in [0.25, 0.3) is 0 Å². The molecule has 0 saturated carbocycles.